The second kappa shape index (κ2) is 24.5. The van der Waals surface area contributed by atoms with Crippen LogP contribution in [0.5, 0.6) is 0 Å². The van der Waals surface area contributed by atoms with E-state index in [0.717, 1.165) is 0 Å². The van der Waals surface area contributed by atoms with Crippen LogP contribution in [0.3, 0.4) is 0 Å². The van der Waals surface area contributed by atoms with E-state index in [1.54, 1.807) is 0 Å². The summed E-state index contributed by atoms with van der Waals surface area (Å²) >= 11 is 13.1. The normalized spacial score (nSPS) is 5.14. The van der Waals surface area contributed by atoms with Crippen LogP contribution in [0.15, 0.2) is 0 Å². The Bertz CT molecular complexity index is 11.7. The zero-order valence-corrected chi connectivity index (χ0v) is 9.35. The summed E-state index contributed by atoms with van der Waals surface area (Å²) in [7, 11) is 0. The molecule has 0 saturated heterocycles. The van der Waals surface area contributed by atoms with Gasteiger partial charge in [0, 0.05) is 20.4 Å². The van der Waals surface area contributed by atoms with Gasteiger partial charge in [-0.05, 0) is 0 Å². The molecule has 0 amide bonds. The Morgan fingerprint density at radius 2 is 0.714 bits per heavy atom. The van der Waals surface area contributed by atoms with Crippen molar-refractivity contribution in [1.29, 1.82) is 0 Å². The minimum absolute atomic E-state index is 0. The first-order valence-corrected chi connectivity index (χ1v) is 2.40. The summed E-state index contributed by atoms with van der Waals surface area (Å²) in [6.45, 7) is 0. The van der Waals surface area contributed by atoms with Crippen molar-refractivity contribution in [2.24, 2.45) is 0 Å². The van der Waals surface area contributed by atoms with Crippen LogP contribution in [0.2, 0.25) is 0 Å². The van der Waals surface area contributed by atoms with Crippen molar-refractivity contribution in [2.45, 2.75) is 0 Å². The Kier molecular flexibility index (Phi) is 56.1. The second-order valence-corrected chi connectivity index (χ2v) is 1.61. The molecule has 47 valence electrons. The number of thiol groups is 4. The van der Waals surface area contributed by atoms with Crippen molar-refractivity contribution in [3.63, 3.8) is 0 Å². The third-order valence-corrected chi connectivity index (χ3v) is 0. The first kappa shape index (κ1) is 16.0. The van der Waals surface area contributed by atoms with Gasteiger partial charge in [0.25, 0.3) is 0 Å². The fraction of sp³-hybridized carbons (Fsp3) is 0. The van der Waals surface area contributed by atoms with Crippen molar-refractivity contribution in [1.82, 2.24) is 0 Å². The van der Waals surface area contributed by atoms with E-state index in [1.807, 2.05) is 0 Å². The van der Waals surface area contributed by atoms with Crippen LogP contribution in [0.4, 0.5) is 0 Å². The molecule has 0 aromatic heterocycles. The molecule has 0 aromatic carbocycles. The smallest absolute Gasteiger partial charge is 0 e. The van der Waals surface area contributed by atoms with Gasteiger partial charge in [0.2, 0.25) is 0 Å². The van der Waals surface area contributed by atoms with Crippen LogP contribution in [0.25, 0.3) is 8.25 Å². The van der Waals surface area contributed by atoms with Crippen LogP contribution in [-0.4, -0.2) is 0 Å². The average molecular weight is 347 g/mol. The summed E-state index contributed by atoms with van der Waals surface area (Å²) in [5, 5.41) is 0. The van der Waals surface area contributed by atoms with Crippen LogP contribution >= 0.6 is 51.3 Å². The minimum Gasteiger partial charge on any atom is -0.556 e. The molecule has 0 heterocycles. The Labute approximate surface area is 79.4 Å². The maximum Gasteiger partial charge on any atom is 0 e. The maximum absolute atomic E-state index is 3.28. The zero-order valence-electron chi connectivity index (χ0n) is 3.06. The average Bonchev–Trinajstić information content (AvgIpc) is 1.39. The summed E-state index contributed by atoms with van der Waals surface area (Å²) in [5.74, 6) is 0. The van der Waals surface area contributed by atoms with Crippen molar-refractivity contribution in [2.75, 3.05) is 0 Å². The van der Waals surface area contributed by atoms with Crippen LogP contribution in [0.1, 0.15) is 0 Å². The van der Waals surface area contributed by atoms with E-state index in [2.05, 4.69) is 59.5 Å². The Morgan fingerprint density at radius 3 is 0.714 bits per heavy atom. The summed E-state index contributed by atoms with van der Waals surface area (Å²) in [4.78, 5) is 0. The number of rotatable bonds is 0. The van der Waals surface area contributed by atoms with Crippen molar-refractivity contribution in [3.8, 4) is 0 Å². The predicted molar refractivity (Wildman–Crippen MR) is 42.7 cm³/mol. The van der Waals surface area contributed by atoms with Gasteiger partial charge < -0.3 is 59.5 Å². The van der Waals surface area contributed by atoms with Crippen molar-refractivity contribution >= 4 is 51.3 Å². The van der Waals surface area contributed by atoms with Gasteiger partial charge in [0.1, 0.15) is 0 Å². The van der Waals surface area contributed by atoms with Gasteiger partial charge in [0.05, 0.1) is 0 Å². The molecule has 0 atom stereocenters. The second-order valence-electron chi connectivity index (χ2n) is 0.179. The molecule has 0 spiro atoms. The number of hydrogen-bond donors (Lipinski definition) is 4. The van der Waals surface area contributed by atoms with E-state index < -0.39 is 0 Å². The molecule has 0 bridgehead atoms. The van der Waals surface area contributed by atoms with Gasteiger partial charge in [0.15, 0.2) is 0 Å². The topological polar surface area (TPSA) is 28.2 Å². The van der Waals surface area contributed by atoms with E-state index >= 15 is 0 Å². The van der Waals surface area contributed by atoms with Crippen LogP contribution < -0.4 is 0 Å². The summed E-state index contributed by atoms with van der Waals surface area (Å²) < 4.78 is 5.78. The van der Waals surface area contributed by atoms with Gasteiger partial charge in [-0.3, -0.25) is 0 Å². The molecule has 1 radical (unpaired) electrons. The first-order chi connectivity index (χ1) is 2.83. The quantitative estimate of drug-likeness (QED) is 0.484. The Hall–Kier alpha value is 1.98. The van der Waals surface area contributed by atoms with E-state index in [0.29, 0.717) is 0 Å². The number of hydrogen-bond acceptors (Lipinski definition) is 4. The van der Waals surface area contributed by atoms with Gasteiger partial charge in [-0.2, -0.15) is 0 Å². The Balaban J connectivity index is -0.0000000400. The predicted octanol–water partition coefficient (Wildman–Crippen LogP) is 2.10. The van der Waals surface area contributed by atoms with E-state index in [9.17, 15) is 0 Å². The summed E-state index contributed by atoms with van der Waals surface area (Å²) in [6, 6.07) is 0. The largest absolute Gasteiger partial charge is 0.556 e. The van der Waals surface area contributed by atoms with E-state index in [-0.39, 0.29) is 20.4 Å². The van der Waals surface area contributed by atoms with Crippen molar-refractivity contribution < 1.29 is 20.4 Å². The fourth-order valence-corrected chi connectivity index (χ4v) is 0. The fourth-order valence-electron chi connectivity index (χ4n) is 0. The molecule has 0 aromatic rings. The van der Waals surface area contributed by atoms with Crippen LogP contribution in [0, 0.1) is 0 Å². The molecule has 7 heavy (non-hydrogen) atoms. The van der Waals surface area contributed by atoms with Gasteiger partial charge in [-0.25, -0.2) is 0 Å². The van der Waals surface area contributed by atoms with Gasteiger partial charge >= 0.3 is 0 Å². The monoisotopic (exact) mass is 347 g/mol. The van der Waals surface area contributed by atoms with Crippen LogP contribution in [-0.2, 0) is 20.4 Å². The third-order valence-electron chi connectivity index (χ3n) is 0. The third kappa shape index (κ3) is 72.7. The molecule has 0 N–H and O–H groups in total. The summed E-state index contributed by atoms with van der Waals surface area (Å²) in [5.41, 5.74) is 0. The first-order valence-electron chi connectivity index (χ1n) is 0.800. The molecule has 0 aliphatic heterocycles. The van der Waals surface area contributed by atoms with Crippen molar-refractivity contribution in [3.05, 3.63) is 8.25 Å². The Morgan fingerprint density at radius 1 is 0.714 bits per heavy atom. The molecule has 7 heteroatoms. The van der Waals surface area contributed by atoms with Gasteiger partial charge in [-0.15, -0.1) is 0 Å². The van der Waals surface area contributed by atoms with E-state index in [4.69, 9.17) is 0 Å². The zero-order chi connectivity index (χ0) is 5.41. The molecule has 0 unspecified atom stereocenters. The number of nitrogens with zero attached hydrogens (tertiary/aromatic N) is 2. The molecule has 0 saturated carbocycles. The standard InChI is InChI=1S/2H2NS2.Re/c2*2-1-3;/h2*2-3H;/q2*-1;. The molecule has 0 aliphatic carbocycles. The molecule has 0 rings (SSSR count). The molecule has 0 fully saturated rings. The SMILES string of the molecule is S[N-]S.S[N-]S.[Re]. The molecular weight excluding hydrogens is 342 g/mol. The minimum atomic E-state index is 0. The molecule has 2 nitrogen and oxygen atoms in total. The molecular formula is H4N2ReS4-2. The summed E-state index contributed by atoms with van der Waals surface area (Å²) in [6.07, 6.45) is 0. The van der Waals surface area contributed by atoms with Gasteiger partial charge in [-0.1, -0.05) is 0 Å². The van der Waals surface area contributed by atoms with E-state index in [1.165, 1.54) is 0 Å². The maximum atomic E-state index is 3.28. The molecule has 0 aliphatic rings.